The van der Waals surface area contributed by atoms with Crippen molar-refractivity contribution in [2.45, 2.75) is 231 Å². The second-order valence-corrected chi connectivity index (χ2v) is 30.1. The molecule has 0 bridgehead atoms. The van der Waals surface area contributed by atoms with Gasteiger partial charge in [0, 0.05) is 29.3 Å². The van der Waals surface area contributed by atoms with Crippen LogP contribution >= 0.6 is 15.9 Å². The van der Waals surface area contributed by atoms with E-state index < -0.39 is 46.8 Å². The maximum atomic E-state index is 14.0. The lowest BCUT2D eigenvalue weighted by molar-refractivity contribution is -0.280. The van der Waals surface area contributed by atoms with Gasteiger partial charge in [-0.2, -0.15) is 0 Å². The second kappa shape index (κ2) is 20.0. The van der Waals surface area contributed by atoms with Crippen LogP contribution in [0.1, 0.15) is 140 Å². The third-order valence-corrected chi connectivity index (χ3v) is 21.7. The average molecular weight is 848 g/mol. The molecule has 0 radical (unpaired) electrons. The molecule has 11 heteroatoms. The Morgan fingerprint density at radius 3 is 2.11 bits per heavy atom. The van der Waals surface area contributed by atoms with Crippen LogP contribution in [0.15, 0.2) is 22.7 Å². The highest BCUT2D eigenvalue weighted by Gasteiger charge is 2.45. The van der Waals surface area contributed by atoms with Crippen LogP contribution in [0, 0.1) is 5.92 Å². The fourth-order valence-corrected chi connectivity index (χ4v) is 9.90. The second-order valence-electron chi connectivity index (χ2n) is 19.6. The van der Waals surface area contributed by atoms with Crippen molar-refractivity contribution in [3.8, 4) is 0 Å². The topological polar surface area (TPSA) is 104 Å². The molecule has 53 heavy (non-hydrogen) atoms. The summed E-state index contributed by atoms with van der Waals surface area (Å²) >= 11 is 3.55. The predicted molar refractivity (Wildman–Crippen MR) is 226 cm³/mol. The van der Waals surface area contributed by atoms with Crippen molar-refractivity contribution in [2.75, 3.05) is 0 Å². The summed E-state index contributed by atoms with van der Waals surface area (Å²) in [6.45, 7) is 36.3. The van der Waals surface area contributed by atoms with Crippen LogP contribution < -0.4 is 0 Å². The molecule has 0 aliphatic carbocycles. The molecule has 8 nitrogen and oxygen atoms in total. The number of aliphatic hydroxyl groups excluding tert-OH is 2. The molecular weight excluding hydrogens is 769 g/mol. The van der Waals surface area contributed by atoms with E-state index in [2.05, 4.69) is 103 Å². The molecule has 0 aromatic carbocycles. The fraction of sp³-hybridized carbons (Fsp3) is 0.881. The molecule has 2 aliphatic rings. The first kappa shape index (κ1) is 48.9. The van der Waals surface area contributed by atoms with Crippen LogP contribution in [0.3, 0.4) is 0 Å². The minimum Gasteiger partial charge on any atom is -0.414 e. The van der Waals surface area contributed by atoms with E-state index in [-0.39, 0.29) is 46.2 Å². The van der Waals surface area contributed by atoms with E-state index in [1.807, 2.05) is 27.7 Å². The van der Waals surface area contributed by atoms with Crippen LogP contribution in [-0.2, 0) is 27.9 Å². The molecule has 0 unspecified atom stereocenters. The Morgan fingerprint density at radius 2 is 1.57 bits per heavy atom. The number of hydrogen-bond donors (Lipinski definition) is 2. The maximum absolute atomic E-state index is 14.0. The van der Waals surface area contributed by atoms with Gasteiger partial charge < -0.3 is 33.3 Å². The van der Waals surface area contributed by atoms with Gasteiger partial charge in [-0.15, -0.1) is 0 Å². The molecule has 0 saturated carbocycles. The van der Waals surface area contributed by atoms with E-state index in [0.717, 1.165) is 48.6 Å². The summed E-state index contributed by atoms with van der Waals surface area (Å²) in [6, 6.07) is 0. The van der Waals surface area contributed by atoms with Crippen molar-refractivity contribution in [2.24, 2.45) is 5.92 Å². The number of carbonyl (C=O) groups is 1. The Labute approximate surface area is 335 Å². The van der Waals surface area contributed by atoms with Crippen molar-refractivity contribution in [3.05, 3.63) is 22.7 Å². The maximum Gasteiger partial charge on any atom is 0.192 e. The number of rotatable bonds is 20. The monoisotopic (exact) mass is 846 g/mol. The summed E-state index contributed by atoms with van der Waals surface area (Å²) in [4.78, 5) is 14.0. The van der Waals surface area contributed by atoms with Gasteiger partial charge in [0.15, 0.2) is 28.2 Å². The number of hydrogen-bond acceptors (Lipinski definition) is 8. The van der Waals surface area contributed by atoms with Crippen LogP contribution in [0.4, 0.5) is 0 Å². The van der Waals surface area contributed by atoms with Crippen molar-refractivity contribution in [1.29, 1.82) is 0 Å². The predicted octanol–water partition coefficient (Wildman–Crippen LogP) is 10.8. The fourth-order valence-electron chi connectivity index (χ4n) is 6.74. The van der Waals surface area contributed by atoms with E-state index in [1.54, 1.807) is 0 Å². The van der Waals surface area contributed by atoms with Crippen molar-refractivity contribution >= 4 is 38.3 Å². The molecule has 310 valence electrons. The number of Topliss-reactive ketones (excluding diaryl/α,β-unsaturated/α-hetero) is 1. The lowest BCUT2D eigenvalue weighted by atomic mass is 9.92. The van der Waals surface area contributed by atoms with Gasteiger partial charge >= 0.3 is 0 Å². The first-order valence-electron chi connectivity index (χ1n) is 20.4. The number of aliphatic hydroxyl groups is 2. The van der Waals surface area contributed by atoms with Crippen molar-refractivity contribution < 1.29 is 38.1 Å². The molecular formula is C42H79BrO8Si2. The molecule has 2 saturated heterocycles. The van der Waals surface area contributed by atoms with Gasteiger partial charge in [-0.25, -0.2) is 0 Å². The number of halogens is 1. The van der Waals surface area contributed by atoms with E-state index in [0.29, 0.717) is 25.7 Å². The molecule has 2 fully saturated rings. The summed E-state index contributed by atoms with van der Waals surface area (Å²) in [5, 5.41) is 22.1. The summed E-state index contributed by atoms with van der Waals surface area (Å²) in [5.41, 5.74) is 0.985. The van der Waals surface area contributed by atoms with Gasteiger partial charge in [-0.1, -0.05) is 102 Å². The largest absolute Gasteiger partial charge is 0.414 e. The Kier molecular flexibility index (Phi) is 18.4. The zero-order chi connectivity index (χ0) is 40.7. The standard InChI is InChI=1S/C42H79BrO8Si2/c1-17-18-19-33(44)35-22-20-31(47-35)26-32(50-52(13,14)40(5,6)7)21-23-36-39(46)38(49-42(11,12)48-36)25-28(2)24-29(3)34(45)27-37(30(4)43)51-53(15,16)41(8,9)10/h24,29,31-38,44-45H,4,17-23,25-27H2,1-3,5-16H3/b28-24+/t29-,31-,32-,33+,34+,35-,36-,37+,38-/m1/s1. The summed E-state index contributed by atoms with van der Waals surface area (Å²) in [5.74, 6) is -1.14. The molecule has 2 N–H and O–H groups in total. The highest BCUT2D eigenvalue weighted by molar-refractivity contribution is 9.11. The first-order chi connectivity index (χ1) is 24.1. The summed E-state index contributed by atoms with van der Waals surface area (Å²) in [7, 11) is -4.20. The zero-order valence-electron chi connectivity index (χ0n) is 36.3. The Bertz CT molecular complexity index is 1210. The molecule has 0 spiro atoms. The van der Waals surface area contributed by atoms with E-state index in [9.17, 15) is 15.0 Å². The van der Waals surface area contributed by atoms with Crippen LogP contribution in [-0.4, -0.2) is 87.2 Å². The van der Waals surface area contributed by atoms with Gasteiger partial charge in [0.2, 0.25) is 0 Å². The molecule has 2 heterocycles. The van der Waals surface area contributed by atoms with Crippen LogP contribution in [0.2, 0.25) is 36.3 Å². The number of ketones is 1. The van der Waals surface area contributed by atoms with Gasteiger partial charge in [-0.3, -0.25) is 4.79 Å². The number of carbonyl (C=O) groups excluding carboxylic acids is 1. The number of unbranched alkanes of at least 4 members (excludes halogenated alkanes) is 1. The van der Waals surface area contributed by atoms with E-state index in [4.69, 9.17) is 23.1 Å². The highest BCUT2D eigenvalue weighted by atomic mass is 79.9. The van der Waals surface area contributed by atoms with Crippen molar-refractivity contribution in [1.82, 2.24) is 0 Å². The molecule has 2 rings (SSSR count). The van der Waals surface area contributed by atoms with Gasteiger partial charge in [0.1, 0.15) is 12.2 Å². The third-order valence-electron chi connectivity index (χ3n) is 12.2. The average Bonchev–Trinajstić information content (AvgIpc) is 3.47. The van der Waals surface area contributed by atoms with Crippen molar-refractivity contribution in [3.63, 3.8) is 0 Å². The number of ether oxygens (including phenoxy) is 3. The minimum absolute atomic E-state index is 0.0214. The normalized spacial score (nSPS) is 26.3. The van der Waals surface area contributed by atoms with E-state index >= 15 is 0 Å². The minimum atomic E-state index is -2.12. The zero-order valence-corrected chi connectivity index (χ0v) is 39.9. The van der Waals surface area contributed by atoms with Gasteiger partial charge in [-0.05, 0) is 95.6 Å². The molecule has 9 atom stereocenters. The van der Waals surface area contributed by atoms with E-state index in [1.165, 1.54) is 0 Å². The Hall–Kier alpha value is -0.216. The molecule has 0 aromatic heterocycles. The highest BCUT2D eigenvalue weighted by Crippen LogP contribution is 2.41. The molecule has 0 aromatic rings. The summed E-state index contributed by atoms with van der Waals surface area (Å²) < 4.78 is 33.3. The molecule has 0 amide bonds. The Balaban J connectivity index is 2.14. The third kappa shape index (κ3) is 15.2. The van der Waals surface area contributed by atoms with Gasteiger partial charge in [0.05, 0.1) is 30.5 Å². The molecule has 2 aliphatic heterocycles. The quantitative estimate of drug-likeness (QED) is 0.0922. The smallest absolute Gasteiger partial charge is 0.192 e. The van der Waals surface area contributed by atoms with Crippen LogP contribution in [0.25, 0.3) is 0 Å². The van der Waals surface area contributed by atoms with Gasteiger partial charge in [0.25, 0.3) is 0 Å². The Morgan fingerprint density at radius 1 is 1.00 bits per heavy atom. The SMILES string of the molecule is C=C(Br)[C@H](C[C@H](O)[C@H](C)/C=C(\C)C[C@H]1OC(C)(C)O[C@H](CC[C@H](C[C@H]2CC[C@H]([C@@H](O)CCCC)O2)O[Si](C)(C)C(C)(C)C)C1=O)O[Si](C)(C)C(C)(C)C. The van der Waals surface area contributed by atoms with Crippen LogP contribution in [0.5, 0.6) is 0 Å². The first-order valence-corrected chi connectivity index (χ1v) is 27.0. The lowest BCUT2D eigenvalue weighted by Gasteiger charge is -2.42. The summed E-state index contributed by atoms with van der Waals surface area (Å²) in [6.07, 6.45) is 6.60. The lowest BCUT2D eigenvalue weighted by Crippen LogP contribution is -2.52.